The highest BCUT2D eigenvalue weighted by Gasteiger charge is 2.27. The fourth-order valence-corrected chi connectivity index (χ4v) is 3.88. The van der Waals surface area contributed by atoms with Crippen LogP contribution in [-0.2, 0) is 0 Å². The monoisotopic (exact) mass is 382 g/mol. The molecule has 0 atom stereocenters. The Morgan fingerprint density at radius 1 is 1.07 bits per heavy atom. The van der Waals surface area contributed by atoms with Crippen molar-refractivity contribution in [3.63, 3.8) is 0 Å². The van der Waals surface area contributed by atoms with E-state index in [-0.39, 0.29) is 11.7 Å². The summed E-state index contributed by atoms with van der Waals surface area (Å²) < 4.78 is 5.61. The molecule has 2 aliphatic heterocycles. The summed E-state index contributed by atoms with van der Waals surface area (Å²) in [5, 5.41) is 3.33. The van der Waals surface area contributed by atoms with Gasteiger partial charge in [-0.25, -0.2) is 4.98 Å². The number of hydrogen-bond donors (Lipinski definition) is 1. The topological polar surface area (TPSA) is 78.7 Å². The molecule has 2 saturated heterocycles. The average Bonchev–Trinajstić information content (AvgIpc) is 3.24. The molecule has 1 amide bonds. The number of benzene rings is 1. The van der Waals surface area contributed by atoms with Crippen molar-refractivity contribution in [1.29, 1.82) is 0 Å². The van der Waals surface area contributed by atoms with Crippen LogP contribution in [0, 0.1) is 0 Å². The standard InChI is InChI=1S/C21H26N4O3/c1-15(26)16-2-4-18(5-3-16)24-10-12-25(13-11-24)21(27)19-14-28-20(23-19)17-6-8-22-9-7-17/h2-5,14,17,22H,6-13H2,1H3. The van der Waals surface area contributed by atoms with Gasteiger partial charge in [-0.05, 0) is 57.1 Å². The van der Waals surface area contributed by atoms with E-state index in [2.05, 4.69) is 15.2 Å². The number of piperidine rings is 1. The van der Waals surface area contributed by atoms with E-state index in [1.54, 1.807) is 6.92 Å². The number of amides is 1. The summed E-state index contributed by atoms with van der Waals surface area (Å²) in [5.74, 6) is 1.00. The molecule has 0 bridgehead atoms. The van der Waals surface area contributed by atoms with Crippen LogP contribution in [0.25, 0.3) is 0 Å². The van der Waals surface area contributed by atoms with Crippen molar-refractivity contribution in [3.8, 4) is 0 Å². The Morgan fingerprint density at radius 3 is 2.39 bits per heavy atom. The number of ketones is 1. The molecule has 7 nitrogen and oxygen atoms in total. The van der Waals surface area contributed by atoms with Crippen molar-refractivity contribution in [1.82, 2.24) is 15.2 Å². The molecule has 0 aliphatic carbocycles. The van der Waals surface area contributed by atoms with E-state index in [9.17, 15) is 9.59 Å². The highest BCUT2D eigenvalue weighted by molar-refractivity contribution is 5.94. The molecule has 4 rings (SSSR count). The van der Waals surface area contributed by atoms with E-state index < -0.39 is 0 Å². The maximum absolute atomic E-state index is 12.8. The lowest BCUT2D eigenvalue weighted by Crippen LogP contribution is -2.48. The van der Waals surface area contributed by atoms with E-state index in [0.29, 0.717) is 36.2 Å². The van der Waals surface area contributed by atoms with Crippen molar-refractivity contribution < 1.29 is 14.0 Å². The van der Waals surface area contributed by atoms with Gasteiger partial charge in [0.2, 0.25) is 0 Å². The molecule has 1 N–H and O–H groups in total. The lowest BCUT2D eigenvalue weighted by Gasteiger charge is -2.35. The summed E-state index contributed by atoms with van der Waals surface area (Å²) in [5.41, 5.74) is 2.20. The third-order valence-electron chi connectivity index (χ3n) is 5.64. The highest BCUT2D eigenvalue weighted by atomic mass is 16.3. The summed E-state index contributed by atoms with van der Waals surface area (Å²) >= 11 is 0. The fraction of sp³-hybridized carbons (Fsp3) is 0.476. The molecule has 1 aromatic heterocycles. The number of carbonyl (C=O) groups is 2. The van der Waals surface area contributed by atoms with Gasteiger partial charge in [-0.15, -0.1) is 0 Å². The first-order valence-electron chi connectivity index (χ1n) is 9.93. The van der Waals surface area contributed by atoms with E-state index >= 15 is 0 Å². The predicted octanol–water partition coefficient (Wildman–Crippen LogP) is 2.31. The average molecular weight is 382 g/mol. The maximum atomic E-state index is 12.8. The van der Waals surface area contributed by atoms with Crippen LogP contribution in [-0.4, -0.2) is 60.8 Å². The van der Waals surface area contributed by atoms with Gasteiger partial charge in [0.1, 0.15) is 6.26 Å². The van der Waals surface area contributed by atoms with Gasteiger partial charge >= 0.3 is 0 Å². The normalized spacial score (nSPS) is 18.3. The Balaban J connectivity index is 1.35. The number of anilines is 1. The molecule has 7 heteroatoms. The maximum Gasteiger partial charge on any atom is 0.275 e. The Kier molecular flexibility index (Phi) is 5.43. The minimum absolute atomic E-state index is 0.0597. The van der Waals surface area contributed by atoms with Crippen LogP contribution in [0.5, 0.6) is 0 Å². The summed E-state index contributed by atoms with van der Waals surface area (Å²) in [4.78, 5) is 32.8. The molecule has 1 aromatic carbocycles. The predicted molar refractivity (Wildman–Crippen MR) is 106 cm³/mol. The second-order valence-corrected chi connectivity index (χ2v) is 7.48. The van der Waals surface area contributed by atoms with Gasteiger partial charge in [0.05, 0.1) is 0 Å². The number of Topliss-reactive ketones (excluding diaryl/α,β-unsaturated/α-hetero) is 1. The fourth-order valence-electron chi connectivity index (χ4n) is 3.88. The summed E-state index contributed by atoms with van der Waals surface area (Å²) in [6.07, 6.45) is 3.50. The molecular formula is C21H26N4O3. The summed E-state index contributed by atoms with van der Waals surface area (Å²) in [6.45, 7) is 6.29. The van der Waals surface area contributed by atoms with Gasteiger partial charge in [0.15, 0.2) is 17.4 Å². The Morgan fingerprint density at radius 2 is 1.75 bits per heavy atom. The van der Waals surface area contributed by atoms with Crippen LogP contribution >= 0.6 is 0 Å². The molecule has 2 aromatic rings. The molecule has 3 heterocycles. The number of carbonyl (C=O) groups excluding carboxylic acids is 2. The molecule has 28 heavy (non-hydrogen) atoms. The number of rotatable bonds is 4. The van der Waals surface area contributed by atoms with Gasteiger partial charge in [0, 0.05) is 43.3 Å². The number of hydrogen-bond acceptors (Lipinski definition) is 6. The number of nitrogens with one attached hydrogen (secondary N) is 1. The first kappa shape index (κ1) is 18.7. The smallest absolute Gasteiger partial charge is 0.275 e. The molecule has 0 unspecified atom stereocenters. The number of aromatic nitrogens is 1. The highest BCUT2D eigenvalue weighted by Crippen LogP contribution is 2.25. The SMILES string of the molecule is CC(=O)c1ccc(N2CCN(C(=O)c3coc(C4CCNCC4)n3)CC2)cc1. The largest absolute Gasteiger partial charge is 0.448 e. The van der Waals surface area contributed by atoms with Crippen molar-refractivity contribution in [2.75, 3.05) is 44.2 Å². The summed E-state index contributed by atoms with van der Waals surface area (Å²) in [6, 6.07) is 7.65. The number of piperazine rings is 1. The molecule has 0 spiro atoms. The molecule has 148 valence electrons. The molecule has 2 aliphatic rings. The molecule has 0 saturated carbocycles. The van der Waals surface area contributed by atoms with Crippen LogP contribution in [0.2, 0.25) is 0 Å². The minimum atomic E-state index is -0.0597. The van der Waals surface area contributed by atoms with Crippen LogP contribution in [0.15, 0.2) is 34.9 Å². The lowest BCUT2D eigenvalue weighted by atomic mass is 9.98. The number of oxazole rings is 1. The Hall–Kier alpha value is -2.67. The zero-order valence-corrected chi connectivity index (χ0v) is 16.2. The van der Waals surface area contributed by atoms with E-state index in [1.165, 1.54) is 6.26 Å². The Bertz CT molecular complexity index is 832. The van der Waals surface area contributed by atoms with Crippen molar-refractivity contribution >= 4 is 17.4 Å². The van der Waals surface area contributed by atoms with Gasteiger partial charge < -0.3 is 19.5 Å². The molecule has 2 fully saturated rings. The zero-order chi connectivity index (χ0) is 19.5. The van der Waals surface area contributed by atoms with Gasteiger partial charge in [0.25, 0.3) is 5.91 Å². The van der Waals surface area contributed by atoms with Gasteiger partial charge in [-0.3, -0.25) is 9.59 Å². The first-order valence-corrected chi connectivity index (χ1v) is 9.93. The van der Waals surface area contributed by atoms with E-state index in [0.717, 1.165) is 44.7 Å². The summed E-state index contributed by atoms with van der Waals surface area (Å²) in [7, 11) is 0. The van der Waals surface area contributed by atoms with Crippen molar-refractivity contribution in [2.24, 2.45) is 0 Å². The quantitative estimate of drug-likeness (QED) is 0.818. The van der Waals surface area contributed by atoms with Crippen LogP contribution in [0.1, 0.15) is 52.4 Å². The van der Waals surface area contributed by atoms with Crippen molar-refractivity contribution in [2.45, 2.75) is 25.7 Å². The third-order valence-corrected chi connectivity index (χ3v) is 5.64. The number of nitrogens with zero attached hydrogens (tertiary/aromatic N) is 3. The van der Waals surface area contributed by atoms with Gasteiger partial charge in [-0.1, -0.05) is 0 Å². The van der Waals surface area contributed by atoms with Gasteiger partial charge in [-0.2, -0.15) is 0 Å². The second kappa shape index (κ2) is 8.14. The van der Waals surface area contributed by atoms with Crippen molar-refractivity contribution in [3.05, 3.63) is 47.7 Å². The van der Waals surface area contributed by atoms with Crippen LogP contribution in [0.3, 0.4) is 0 Å². The molecule has 0 radical (unpaired) electrons. The first-order chi connectivity index (χ1) is 13.6. The Labute approximate surface area is 164 Å². The molecular weight excluding hydrogens is 356 g/mol. The van der Waals surface area contributed by atoms with Crippen LogP contribution in [0.4, 0.5) is 5.69 Å². The minimum Gasteiger partial charge on any atom is -0.448 e. The second-order valence-electron chi connectivity index (χ2n) is 7.48. The third kappa shape index (κ3) is 3.94. The zero-order valence-electron chi connectivity index (χ0n) is 16.2. The van der Waals surface area contributed by atoms with E-state index in [4.69, 9.17) is 4.42 Å². The van der Waals surface area contributed by atoms with E-state index in [1.807, 2.05) is 29.2 Å². The lowest BCUT2D eigenvalue weighted by molar-refractivity contribution is 0.0740. The van der Waals surface area contributed by atoms with Crippen LogP contribution < -0.4 is 10.2 Å².